The van der Waals surface area contributed by atoms with Gasteiger partial charge in [-0.15, -0.1) is 0 Å². The van der Waals surface area contributed by atoms with Gasteiger partial charge in [-0.05, 0) is 18.4 Å². The lowest BCUT2D eigenvalue weighted by molar-refractivity contribution is -0.0538. The molecule has 3 rings (SSSR count). The minimum atomic E-state index is -0.741. The number of nitrogens with two attached hydrogens (primary N) is 1. The Balaban J connectivity index is 2.02. The Labute approximate surface area is 88.9 Å². The van der Waals surface area contributed by atoms with Crippen molar-refractivity contribution in [2.75, 3.05) is 6.61 Å². The topological polar surface area (TPSA) is 55.5 Å². The molecule has 3 nitrogen and oxygen atoms in total. The Morgan fingerprint density at radius 3 is 2.93 bits per heavy atom. The van der Waals surface area contributed by atoms with E-state index in [4.69, 9.17) is 10.5 Å². The van der Waals surface area contributed by atoms with Crippen molar-refractivity contribution in [2.45, 2.75) is 30.9 Å². The van der Waals surface area contributed by atoms with Crippen molar-refractivity contribution in [3.63, 3.8) is 0 Å². The van der Waals surface area contributed by atoms with E-state index in [1.54, 1.807) is 0 Å². The maximum Gasteiger partial charge on any atom is 0.128 e. The highest BCUT2D eigenvalue weighted by Gasteiger charge is 2.44. The molecular formula is C12H15NO2. The van der Waals surface area contributed by atoms with Gasteiger partial charge in [0, 0.05) is 18.0 Å². The van der Waals surface area contributed by atoms with E-state index >= 15 is 0 Å². The van der Waals surface area contributed by atoms with E-state index in [1.165, 1.54) is 5.56 Å². The van der Waals surface area contributed by atoms with E-state index in [0.29, 0.717) is 12.8 Å². The molecule has 0 spiro atoms. The Morgan fingerprint density at radius 1 is 1.40 bits per heavy atom. The number of rotatable bonds is 1. The van der Waals surface area contributed by atoms with E-state index in [0.717, 1.165) is 24.3 Å². The van der Waals surface area contributed by atoms with Crippen molar-refractivity contribution in [1.82, 2.24) is 0 Å². The van der Waals surface area contributed by atoms with E-state index < -0.39 is 5.60 Å². The van der Waals surface area contributed by atoms with E-state index in [1.807, 2.05) is 12.1 Å². The molecule has 1 aromatic rings. The van der Waals surface area contributed by atoms with Gasteiger partial charge in [-0.25, -0.2) is 0 Å². The van der Waals surface area contributed by atoms with Crippen LogP contribution in [-0.4, -0.2) is 17.8 Å². The number of benzene rings is 1. The van der Waals surface area contributed by atoms with Crippen molar-refractivity contribution in [2.24, 2.45) is 5.73 Å². The van der Waals surface area contributed by atoms with Crippen molar-refractivity contribution in [3.8, 4) is 5.75 Å². The summed E-state index contributed by atoms with van der Waals surface area (Å²) in [5, 5.41) is 10.4. The summed E-state index contributed by atoms with van der Waals surface area (Å²) in [7, 11) is 0. The summed E-state index contributed by atoms with van der Waals surface area (Å²) in [4.78, 5) is 0. The van der Waals surface area contributed by atoms with Gasteiger partial charge in [0.25, 0.3) is 0 Å². The minimum absolute atomic E-state index is 0.132. The first-order valence-corrected chi connectivity index (χ1v) is 5.42. The van der Waals surface area contributed by atoms with E-state index in [-0.39, 0.29) is 6.04 Å². The van der Waals surface area contributed by atoms with Gasteiger partial charge in [-0.2, -0.15) is 0 Å². The summed E-state index contributed by atoms with van der Waals surface area (Å²) < 4.78 is 5.59. The summed E-state index contributed by atoms with van der Waals surface area (Å²) in [6.07, 6.45) is 2.24. The van der Waals surface area contributed by atoms with Crippen LogP contribution >= 0.6 is 0 Å². The molecule has 15 heavy (non-hydrogen) atoms. The van der Waals surface area contributed by atoms with Gasteiger partial charge >= 0.3 is 0 Å². The molecule has 0 saturated heterocycles. The zero-order chi connectivity index (χ0) is 10.5. The Bertz CT molecular complexity index is 397. The fourth-order valence-corrected chi connectivity index (χ4v) is 2.61. The maximum absolute atomic E-state index is 10.4. The summed E-state index contributed by atoms with van der Waals surface area (Å²) in [6, 6.07) is 6.14. The molecule has 0 aromatic heterocycles. The molecule has 0 bridgehead atoms. The molecule has 80 valence electrons. The highest BCUT2D eigenvalue weighted by molar-refractivity contribution is 5.48. The second-order valence-electron chi connectivity index (χ2n) is 4.59. The first-order valence-electron chi connectivity index (χ1n) is 5.42. The molecule has 0 unspecified atom stereocenters. The minimum Gasteiger partial charge on any atom is -0.493 e. The summed E-state index contributed by atoms with van der Waals surface area (Å²) >= 11 is 0. The molecule has 1 aliphatic heterocycles. The normalized spacial score (nSPS) is 33.1. The Morgan fingerprint density at radius 2 is 2.20 bits per heavy atom. The number of hydrogen-bond donors (Lipinski definition) is 2. The van der Waals surface area contributed by atoms with Crippen LogP contribution in [0.3, 0.4) is 0 Å². The van der Waals surface area contributed by atoms with Gasteiger partial charge in [-0.1, -0.05) is 18.2 Å². The summed E-state index contributed by atoms with van der Waals surface area (Å²) in [5.41, 5.74) is 7.13. The Hall–Kier alpha value is -1.06. The molecule has 1 saturated carbocycles. The molecule has 0 amide bonds. The molecule has 3 heteroatoms. The molecule has 1 heterocycles. The van der Waals surface area contributed by atoms with Crippen LogP contribution in [0.1, 0.15) is 24.0 Å². The zero-order valence-electron chi connectivity index (χ0n) is 8.57. The molecular weight excluding hydrogens is 190 g/mol. The van der Waals surface area contributed by atoms with Crippen LogP contribution in [0.5, 0.6) is 5.75 Å². The second-order valence-corrected chi connectivity index (χ2v) is 4.59. The highest BCUT2D eigenvalue weighted by Crippen LogP contribution is 2.46. The van der Waals surface area contributed by atoms with Crippen LogP contribution in [0, 0.1) is 0 Å². The molecule has 1 aromatic carbocycles. The van der Waals surface area contributed by atoms with Gasteiger partial charge in [0.1, 0.15) is 5.75 Å². The summed E-state index contributed by atoms with van der Waals surface area (Å²) in [6.45, 7) is 0.731. The number of ether oxygens (including phenoxy) is 1. The Kier molecular flexibility index (Phi) is 1.82. The number of fused-ring (bicyclic) bond motifs is 1. The molecule has 2 aliphatic rings. The fourth-order valence-electron chi connectivity index (χ4n) is 2.61. The van der Waals surface area contributed by atoms with Crippen LogP contribution in [0.4, 0.5) is 0 Å². The molecule has 1 fully saturated rings. The van der Waals surface area contributed by atoms with Crippen LogP contribution in [0.25, 0.3) is 0 Å². The molecule has 0 radical (unpaired) electrons. The van der Waals surface area contributed by atoms with Gasteiger partial charge in [0.2, 0.25) is 0 Å². The highest BCUT2D eigenvalue weighted by atomic mass is 16.5. The molecule has 0 atom stereocenters. The zero-order valence-corrected chi connectivity index (χ0v) is 8.57. The molecule has 1 aliphatic carbocycles. The second kappa shape index (κ2) is 2.97. The number of para-hydroxylation sites is 1. The fraction of sp³-hybridized carbons (Fsp3) is 0.500. The third-order valence-corrected chi connectivity index (χ3v) is 3.42. The first kappa shape index (κ1) is 9.19. The average Bonchev–Trinajstić information content (AvgIpc) is 2.62. The van der Waals surface area contributed by atoms with Crippen molar-refractivity contribution >= 4 is 0 Å². The standard InChI is InChI=1S/C12H15NO2/c13-9-6-12(14,7-9)10-3-1-2-8-4-5-15-11(8)10/h1-3,9,14H,4-7,13H2. The lowest BCUT2D eigenvalue weighted by Gasteiger charge is -2.42. The van der Waals surface area contributed by atoms with Crippen LogP contribution in [-0.2, 0) is 12.0 Å². The van der Waals surface area contributed by atoms with E-state index in [9.17, 15) is 5.11 Å². The van der Waals surface area contributed by atoms with Gasteiger partial charge in [-0.3, -0.25) is 0 Å². The third kappa shape index (κ3) is 1.27. The monoisotopic (exact) mass is 205 g/mol. The lowest BCUT2D eigenvalue weighted by Crippen LogP contribution is -2.49. The van der Waals surface area contributed by atoms with Crippen LogP contribution in [0.15, 0.2) is 18.2 Å². The van der Waals surface area contributed by atoms with Gasteiger partial charge in [0.05, 0.1) is 12.2 Å². The largest absolute Gasteiger partial charge is 0.493 e. The SMILES string of the molecule is NC1CC(O)(c2cccc3c2OCC3)C1. The average molecular weight is 205 g/mol. The van der Waals surface area contributed by atoms with Crippen LogP contribution < -0.4 is 10.5 Å². The van der Waals surface area contributed by atoms with Crippen molar-refractivity contribution in [1.29, 1.82) is 0 Å². The summed E-state index contributed by atoms with van der Waals surface area (Å²) in [5.74, 6) is 0.895. The van der Waals surface area contributed by atoms with Gasteiger partial charge < -0.3 is 15.6 Å². The predicted octanol–water partition coefficient (Wildman–Crippen LogP) is 0.930. The lowest BCUT2D eigenvalue weighted by atomic mass is 9.71. The van der Waals surface area contributed by atoms with Crippen molar-refractivity contribution < 1.29 is 9.84 Å². The smallest absolute Gasteiger partial charge is 0.128 e. The first-order chi connectivity index (χ1) is 7.19. The van der Waals surface area contributed by atoms with Crippen molar-refractivity contribution in [3.05, 3.63) is 29.3 Å². The van der Waals surface area contributed by atoms with E-state index in [2.05, 4.69) is 6.07 Å². The number of hydrogen-bond acceptors (Lipinski definition) is 3. The third-order valence-electron chi connectivity index (χ3n) is 3.42. The number of aliphatic hydroxyl groups is 1. The van der Waals surface area contributed by atoms with Gasteiger partial charge in [0.15, 0.2) is 0 Å². The predicted molar refractivity (Wildman–Crippen MR) is 56.7 cm³/mol. The quantitative estimate of drug-likeness (QED) is 0.717. The maximum atomic E-state index is 10.4. The van der Waals surface area contributed by atoms with Crippen LogP contribution in [0.2, 0.25) is 0 Å². The molecule has 3 N–H and O–H groups in total.